The first-order valence-corrected chi connectivity index (χ1v) is 9.81. The van der Waals surface area contributed by atoms with Crippen molar-refractivity contribution in [3.63, 3.8) is 0 Å². The molecule has 1 fully saturated rings. The Hall–Kier alpha value is -3.09. The molecule has 29 heavy (non-hydrogen) atoms. The van der Waals surface area contributed by atoms with E-state index in [2.05, 4.69) is 0 Å². The Morgan fingerprint density at radius 2 is 1.86 bits per heavy atom. The van der Waals surface area contributed by atoms with Gasteiger partial charge in [-0.05, 0) is 55.5 Å². The molecule has 0 spiro atoms. The van der Waals surface area contributed by atoms with E-state index in [4.69, 9.17) is 14.2 Å². The zero-order valence-electron chi connectivity index (χ0n) is 16.4. The van der Waals surface area contributed by atoms with Crippen LogP contribution in [0.25, 0.3) is 0 Å². The van der Waals surface area contributed by atoms with Gasteiger partial charge in [0, 0.05) is 11.0 Å². The topological polar surface area (TPSA) is 87.9 Å². The second-order valence-corrected chi connectivity index (χ2v) is 7.12. The Bertz CT molecular complexity index is 831. The summed E-state index contributed by atoms with van der Waals surface area (Å²) in [5.41, 5.74) is 0.698. The van der Waals surface area contributed by atoms with Crippen LogP contribution in [0.4, 0.5) is 0 Å². The molecule has 2 aromatic rings. The van der Waals surface area contributed by atoms with Gasteiger partial charge in [-0.2, -0.15) is 0 Å². The Labute approximate surface area is 169 Å². The highest BCUT2D eigenvalue weighted by atomic mass is 16.6. The first-order chi connectivity index (χ1) is 14.0. The molecule has 154 valence electrons. The standard InChI is InChI=1S/C22H25NO6/c1-2-27-22(24)12-18(14-23(25)26)17-8-10-19(11-9-17)29-21-5-3-4-20(13-21)28-15-16-6-7-16/h3-5,8-11,13,16,18H,2,6-7,12,14-15H2,1H3. The summed E-state index contributed by atoms with van der Waals surface area (Å²) in [5, 5.41) is 11.0. The molecule has 1 atom stereocenters. The second-order valence-electron chi connectivity index (χ2n) is 7.12. The van der Waals surface area contributed by atoms with E-state index in [0.29, 0.717) is 23.0 Å². The van der Waals surface area contributed by atoms with Crippen LogP contribution in [0.5, 0.6) is 17.2 Å². The second kappa shape index (κ2) is 9.91. The molecule has 3 rings (SSSR count). The number of rotatable bonds is 11. The molecule has 2 aromatic carbocycles. The van der Waals surface area contributed by atoms with Crippen molar-refractivity contribution in [3.8, 4) is 17.2 Å². The van der Waals surface area contributed by atoms with E-state index in [-0.39, 0.29) is 19.6 Å². The number of hydrogen-bond acceptors (Lipinski definition) is 6. The Morgan fingerprint density at radius 1 is 1.14 bits per heavy atom. The van der Waals surface area contributed by atoms with Gasteiger partial charge in [-0.3, -0.25) is 14.9 Å². The van der Waals surface area contributed by atoms with E-state index < -0.39 is 16.8 Å². The number of nitrogens with zero attached hydrogens (tertiary/aromatic N) is 1. The predicted octanol–water partition coefficient (Wildman–Crippen LogP) is 4.58. The molecular weight excluding hydrogens is 374 g/mol. The first-order valence-electron chi connectivity index (χ1n) is 9.81. The number of carbonyl (C=O) groups excluding carboxylic acids is 1. The molecule has 0 saturated heterocycles. The lowest BCUT2D eigenvalue weighted by Crippen LogP contribution is -2.18. The summed E-state index contributed by atoms with van der Waals surface area (Å²) in [6, 6.07) is 14.4. The van der Waals surface area contributed by atoms with Crippen LogP contribution >= 0.6 is 0 Å². The maximum Gasteiger partial charge on any atom is 0.306 e. The van der Waals surface area contributed by atoms with E-state index in [1.165, 1.54) is 12.8 Å². The van der Waals surface area contributed by atoms with Crippen molar-refractivity contribution in [3.05, 3.63) is 64.2 Å². The SMILES string of the molecule is CCOC(=O)CC(C[N+](=O)[O-])c1ccc(Oc2cccc(OCC3CC3)c2)cc1. The number of benzene rings is 2. The molecule has 1 unspecified atom stereocenters. The van der Waals surface area contributed by atoms with Crippen LogP contribution < -0.4 is 9.47 Å². The van der Waals surface area contributed by atoms with Crippen molar-refractivity contribution in [2.24, 2.45) is 5.92 Å². The first kappa shape index (κ1) is 20.6. The number of nitro groups is 1. The van der Waals surface area contributed by atoms with Crippen molar-refractivity contribution >= 4 is 5.97 Å². The minimum atomic E-state index is -0.544. The van der Waals surface area contributed by atoms with Gasteiger partial charge in [0.1, 0.15) is 17.2 Å². The molecule has 0 aliphatic heterocycles. The van der Waals surface area contributed by atoms with Crippen LogP contribution in [0.1, 0.15) is 37.7 Å². The molecule has 0 N–H and O–H groups in total. The summed E-state index contributed by atoms with van der Waals surface area (Å²) in [5.74, 6) is 1.71. The number of ether oxygens (including phenoxy) is 3. The molecule has 0 heterocycles. The lowest BCUT2D eigenvalue weighted by Gasteiger charge is -2.14. The van der Waals surface area contributed by atoms with Crippen LogP contribution in [-0.2, 0) is 9.53 Å². The number of hydrogen-bond donors (Lipinski definition) is 0. The van der Waals surface area contributed by atoms with Crippen molar-refractivity contribution in [1.82, 2.24) is 0 Å². The van der Waals surface area contributed by atoms with Gasteiger partial charge in [-0.1, -0.05) is 18.2 Å². The fourth-order valence-corrected chi connectivity index (χ4v) is 2.96. The molecule has 0 radical (unpaired) electrons. The van der Waals surface area contributed by atoms with Crippen LogP contribution in [0.2, 0.25) is 0 Å². The monoisotopic (exact) mass is 399 g/mol. The number of esters is 1. The third-order valence-corrected chi connectivity index (χ3v) is 4.66. The Morgan fingerprint density at radius 3 is 2.52 bits per heavy atom. The zero-order chi connectivity index (χ0) is 20.6. The molecule has 7 nitrogen and oxygen atoms in total. The van der Waals surface area contributed by atoms with Gasteiger partial charge in [-0.25, -0.2) is 0 Å². The van der Waals surface area contributed by atoms with Gasteiger partial charge in [0.2, 0.25) is 6.54 Å². The Balaban J connectivity index is 1.63. The van der Waals surface area contributed by atoms with Gasteiger partial charge in [0.15, 0.2) is 0 Å². The summed E-state index contributed by atoms with van der Waals surface area (Å²) in [6.07, 6.45) is 2.43. The van der Waals surface area contributed by atoms with Gasteiger partial charge in [-0.15, -0.1) is 0 Å². The normalized spacial score (nSPS) is 14.1. The van der Waals surface area contributed by atoms with Gasteiger partial charge >= 0.3 is 5.97 Å². The van der Waals surface area contributed by atoms with Crippen molar-refractivity contribution in [1.29, 1.82) is 0 Å². The van der Waals surface area contributed by atoms with Crippen molar-refractivity contribution in [2.75, 3.05) is 19.8 Å². The fraction of sp³-hybridized carbons (Fsp3) is 0.409. The average molecular weight is 399 g/mol. The largest absolute Gasteiger partial charge is 0.493 e. The molecular formula is C22H25NO6. The maximum absolute atomic E-state index is 11.8. The van der Waals surface area contributed by atoms with E-state index in [1.54, 1.807) is 31.2 Å². The summed E-state index contributed by atoms with van der Waals surface area (Å²) >= 11 is 0. The fourth-order valence-electron chi connectivity index (χ4n) is 2.96. The predicted molar refractivity (Wildman–Crippen MR) is 107 cm³/mol. The maximum atomic E-state index is 11.8. The van der Waals surface area contributed by atoms with E-state index in [9.17, 15) is 14.9 Å². The lowest BCUT2D eigenvalue weighted by atomic mass is 9.96. The van der Waals surface area contributed by atoms with Crippen LogP contribution in [0.3, 0.4) is 0 Å². The van der Waals surface area contributed by atoms with Crippen molar-refractivity contribution in [2.45, 2.75) is 32.1 Å². The summed E-state index contributed by atoms with van der Waals surface area (Å²) < 4.78 is 16.6. The molecule has 0 amide bonds. The minimum absolute atomic E-state index is 0.0323. The molecule has 1 aliphatic rings. The van der Waals surface area contributed by atoms with Gasteiger partial charge in [0.05, 0.1) is 25.6 Å². The zero-order valence-corrected chi connectivity index (χ0v) is 16.4. The van der Waals surface area contributed by atoms with E-state index >= 15 is 0 Å². The molecule has 1 aliphatic carbocycles. The molecule has 0 aromatic heterocycles. The van der Waals surface area contributed by atoms with E-state index in [0.717, 1.165) is 12.4 Å². The third kappa shape index (κ3) is 6.78. The Kier molecular flexibility index (Phi) is 7.05. The summed E-state index contributed by atoms with van der Waals surface area (Å²) in [4.78, 5) is 22.3. The number of carbonyl (C=O) groups is 1. The lowest BCUT2D eigenvalue weighted by molar-refractivity contribution is -0.483. The van der Waals surface area contributed by atoms with Crippen molar-refractivity contribution < 1.29 is 23.9 Å². The molecule has 1 saturated carbocycles. The van der Waals surface area contributed by atoms with Gasteiger partial charge in [0.25, 0.3) is 0 Å². The van der Waals surface area contributed by atoms with Gasteiger partial charge < -0.3 is 14.2 Å². The van der Waals surface area contributed by atoms with Crippen LogP contribution in [0.15, 0.2) is 48.5 Å². The highest BCUT2D eigenvalue weighted by Crippen LogP contribution is 2.31. The smallest absolute Gasteiger partial charge is 0.306 e. The highest BCUT2D eigenvalue weighted by molar-refractivity contribution is 5.70. The average Bonchev–Trinajstić information content (AvgIpc) is 3.51. The van der Waals surface area contributed by atoms with Crippen LogP contribution in [0, 0.1) is 16.0 Å². The quantitative estimate of drug-likeness (QED) is 0.312. The highest BCUT2D eigenvalue weighted by Gasteiger charge is 2.23. The van der Waals surface area contributed by atoms with Crippen LogP contribution in [-0.4, -0.2) is 30.7 Å². The summed E-state index contributed by atoms with van der Waals surface area (Å²) in [6.45, 7) is 2.36. The third-order valence-electron chi connectivity index (χ3n) is 4.66. The molecule has 0 bridgehead atoms. The van der Waals surface area contributed by atoms with E-state index in [1.807, 2.05) is 24.3 Å². The molecule has 7 heteroatoms. The summed E-state index contributed by atoms with van der Waals surface area (Å²) in [7, 11) is 0. The minimum Gasteiger partial charge on any atom is -0.493 e.